The minimum atomic E-state index is 0.686. The van der Waals surface area contributed by atoms with E-state index in [1.165, 1.54) is 0 Å². The van der Waals surface area contributed by atoms with Crippen molar-refractivity contribution >= 4 is 33.1 Å². The van der Waals surface area contributed by atoms with Crippen molar-refractivity contribution in [2.45, 2.75) is 0 Å². The van der Waals surface area contributed by atoms with E-state index in [4.69, 9.17) is 5.73 Å². The van der Waals surface area contributed by atoms with Crippen molar-refractivity contribution in [3.63, 3.8) is 0 Å². The van der Waals surface area contributed by atoms with Gasteiger partial charge in [-0.3, -0.25) is 4.68 Å². The average molecular weight is 334 g/mol. The van der Waals surface area contributed by atoms with Gasteiger partial charge in [0, 0.05) is 11.5 Å². The number of rotatable bonds is 2. The fraction of sp³-hybridized carbons (Fsp3) is 0.0714. The van der Waals surface area contributed by atoms with Crippen LogP contribution in [-0.4, -0.2) is 9.78 Å². The lowest BCUT2D eigenvalue weighted by Gasteiger charge is -2.03. The normalized spacial score (nSPS) is 10.8. The molecule has 0 fully saturated rings. The lowest BCUT2D eigenvalue weighted by Crippen LogP contribution is -1.97. The molecule has 3 rings (SSSR count). The fourth-order valence-electron chi connectivity index (χ4n) is 2.02. The molecule has 19 heavy (non-hydrogen) atoms. The van der Waals surface area contributed by atoms with Crippen LogP contribution in [0.3, 0.4) is 0 Å². The van der Waals surface area contributed by atoms with Crippen molar-refractivity contribution in [2.75, 3.05) is 5.73 Å². The van der Waals surface area contributed by atoms with Gasteiger partial charge in [0.05, 0.1) is 10.4 Å². The zero-order valence-corrected chi connectivity index (χ0v) is 12.7. The molecule has 2 aromatic heterocycles. The predicted molar refractivity (Wildman–Crippen MR) is 84.1 cm³/mol. The molecule has 96 valence electrons. The largest absolute Gasteiger partial charge is 0.383 e. The molecule has 0 radical (unpaired) electrons. The number of nitrogens with zero attached hydrogens (tertiary/aromatic N) is 2. The van der Waals surface area contributed by atoms with Gasteiger partial charge in [-0.25, -0.2) is 0 Å². The Morgan fingerprint density at radius 2 is 1.95 bits per heavy atom. The predicted octanol–water partition coefficient (Wildman–Crippen LogP) is 4.16. The van der Waals surface area contributed by atoms with Crippen molar-refractivity contribution < 1.29 is 0 Å². The van der Waals surface area contributed by atoms with Gasteiger partial charge in [0.15, 0.2) is 0 Å². The second-order valence-electron chi connectivity index (χ2n) is 4.22. The summed E-state index contributed by atoms with van der Waals surface area (Å²) >= 11 is 5.12. The van der Waals surface area contributed by atoms with Crippen LogP contribution in [0.4, 0.5) is 5.82 Å². The summed E-state index contributed by atoms with van der Waals surface area (Å²) in [5.74, 6) is 0.686. The van der Waals surface area contributed by atoms with Crippen LogP contribution in [-0.2, 0) is 7.05 Å². The summed E-state index contributed by atoms with van der Waals surface area (Å²) in [6.45, 7) is 0. The SMILES string of the molecule is Cn1nc(-c2cccs2)c(-c2ccc(Br)cc2)c1N. The van der Waals surface area contributed by atoms with Crippen LogP contribution in [0.25, 0.3) is 21.7 Å². The second kappa shape index (κ2) is 4.83. The van der Waals surface area contributed by atoms with Crippen LogP contribution in [0.15, 0.2) is 46.3 Å². The zero-order chi connectivity index (χ0) is 13.4. The molecule has 2 N–H and O–H groups in total. The monoisotopic (exact) mass is 333 g/mol. The van der Waals surface area contributed by atoms with E-state index in [-0.39, 0.29) is 0 Å². The number of anilines is 1. The van der Waals surface area contributed by atoms with Gasteiger partial charge in [0.2, 0.25) is 0 Å². The molecule has 2 heterocycles. The quantitative estimate of drug-likeness (QED) is 0.765. The third-order valence-corrected chi connectivity index (χ3v) is 4.38. The van der Waals surface area contributed by atoms with Crippen molar-refractivity contribution in [1.29, 1.82) is 0 Å². The minimum Gasteiger partial charge on any atom is -0.383 e. The average Bonchev–Trinajstić information content (AvgIpc) is 3.01. The third kappa shape index (κ3) is 2.19. The summed E-state index contributed by atoms with van der Waals surface area (Å²) in [4.78, 5) is 1.13. The molecule has 0 atom stereocenters. The molecule has 3 nitrogen and oxygen atoms in total. The highest BCUT2D eigenvalue weighted by atomic mass is 79.9. The molecule has 0 spiro atoms. The van der Waals surface area contributed by atoms with E-state index in [9.17, 15) is 0 Å². The number of halogens is 1. The van der Waals surface area contributed by atoms with Gasteiger partial charge in [-0.05, 0) is 29.1 Å². The van der Waals surface area contributed by atoms with Gasteiger partial charge in [-0.15, -0.1) is 11.3 Å². The molecule has 3 aromatic rings. The fourth-order valence-corrected chi connectivity index (χ4v) is 3.00. The number of thiophene rings is 1. The van der Waals surface area contributed by atoms with E-state index in [0.717, 1.165) is 26.2 Å². The van der Waals surface area contributed by atoms with E-state index in [0.29, 0.717) is 5.82 Å². The summed E-state index contributed by atoms with van der Waals surface area (Å²) in [6.07, 6.45) is 0. The summed E-state index contributed by atoms with van der Waals surface area (Å²) < 4.78 is 2.78. The Hall–Kier alpha value is -1.59. The topological polar surface area (TPSA) is 43.8 Å². The number of benzene rings is 1. The number of aromatic nitrogens is 2. The Morgan fingerprint density at radius 1 is 1.21 bits per heavy atom. The lowest BCUT2D eigenvalue weighted by atomic mass is 10.0. The first kappa shape index (κ1) is 12.4. The van der Waals surface area contributed by atoms with Crippen LogP contribution in [0, 0.1) is 0 Å². The number of nitrogen functional groups attached to an aromatic ring is 1. The molecular weight excluding hydrogens is 322 g/mol. The van der Waals surface area contributed by atoms with Crippen molar-refractivity contribution in [1.82, 2.24) is 9.78 Å². The van der Waals surface area contributed by atoms with Crippen molar-refractivity contribution in [2.24, 2.45) is 7.05 Å². The molecule has 0 saturated heterocycles. The summed E-state index contributed by atoms with van der Waals surface area (Å²) in [5.41, 5.74) is 9.19. The molecule has 0 bridgehead atoms. The Labute approximate surface area is 123 Å². The van der Waals surface area contributed by atoms with Crippen LogP contribution >= 0.6 is 27.3 Å². The van der Waals surface area contributed by atoms with Gasteiger partial charge in [0.25, 0.3) is 0 Å². The maximum atomic E-state index is 6.17. The number of aryl methyl sites for hydroxylation is 1. The standard InChI is InChI=1S/C14H12BrN3S/c1-18-14(16)12(9-4-6-10(15)7-5-9)13(17-18)11-3-2-8-19-11/h2-8H,16H2,1H3. The smallest absolute Gasteiger partial charge is 0.129 e. The first-order valence-electron chi connectivity index (χ1n) is 5.79. The van der Waals surface area contributed by atoms with Crippen molar-refractivity contribution in [3.8, 4) is 21.7 Å². The van der Waals surface area contributed by atoms with Gasteiger partial charge in [-0.2, -0.15) is 5.10 Å². The number of hydrogen-bond donors (Lipinski definition) is 1. The molecule has 0 saturated carbocycles. The van der Waals surface area contributed by atoms with E-state index in [2.05, 4.69) is 39.2 Å². The Bertz CT molecular complexity index is 699. The maximum absolute atomic E-state index is 6.17. The van der Waals surface area contributed by atoms with Crippen molar-refractivity contribution in [3.05, 3.63) is 46.3 Å². The lowest BCUT2D eigenvalue weighted by molar-refractivity contribution is 0.783. The molecule has 0 aliphatic heterocycles. The molecule has 0 aliphatic rings. The van der Waals surface area contributed by atoms with Gasteiger partial charge in [0.1, 0.15) is 11.5 Å². The number of hydrogen-bond acceptors (Lipinski definition) is 3. The van der Waals surface area contributed by atoms with Gasteiger partial charge < -0.3 is 5.73 Å². The molecule has 1 aromatic carbocycles. The molecule has 0 aliphatic carbocycles. The van der Waals surface area contributed by atoms with E-state index in [1.54, 1.807) is 16.0 Å². The first-order chi connectivity index (χ1) is 9.16. The van der Waals surface area contributed by atoms with Crippen LogP contribution < -0.4 is 5.73 Å². The third-order valence-electron chi connectivity index (χ3n) is 2.98. The van der Waals surface area contributed by atoms with Crippen LogP contribution in [0.5, 0.6) is 0 Å². The molecule has 0 amide bonds. The first-order valence-corrected chi connectivity index (χ1v) is 7.46. The molecular formula is C14H12BrN3S. The van der Waals surface area contributed by atoms with Crippen LogP contribution in [0.2, 0.25) is 0 Å². The second-order valence-corrected chi connectivity index (χ2v) is 6.08. The minimum absolute atomic E-state index is 0.686. The maximum Gasteiger partial charge on any atom is 0.129 e. The Kier molecular flexibility index (Phi) is 3.16. The number of nitrogens with two attached hydrogens (primary N) is 1. The highest BCUT2D eigenvalue weighted by Crippen LogP contribution is 2.37. The zero-order valence-electron chi connectivity index (χ0n) is 10.3. The van der Waals surface area contributed by atoms with Crippen LogP contribution in [0.1, 0.15) is 0 Å². The Balaban J connectivity index is 2.22. The highest BCUT2D eigenvalue weighted by molar-refractivity contribution is 9.10. The highest BCUT2D eigenvalue weighted by Gasteiger charge is 2.17. The Morgan fingerprint density at radius 3 is 2.58 bits per heavy atom. The van der Waals surface area contributed by atoms with Gasteiger partial charge >= 0.3 is 0 Å². The summed E-state index contributed by atoms with van der Waals surface area (Å²) in [5, 5.41) is 6.59. The molecule has 5 heteroatoms. The van der Waals surface area contributed by atoms with Gasteiger partial charge in [-0.1, -0.05) is 34.1 Å². The van der Waals surface area contributed by atoms with E-state index >= 15 is 0 Å². The summed E-state index contributed by atoms with van der Waals surface area (Å²) in [6, 6.07) is 12.2. The van der Waals surface area contributed by atoms with E-state index in [1.807, 2.05) is 30.6 Å². The van der Waals surface area contributed by atoms with E-state index < -0.39 is 0 Å². The summed E-state index contributed by atoms with van der Waals surface area (Å²) in [7, 11) is 1.87. The molecule has 0 unspecified atom stereocenters.